The van der Waals surface area contributed by atoms with Gasteiger partial charge in [-0.25, -0.2) is 0 Å². The lowest BCUT2D eigenvalue weighted by Gasteiger charge is -2.23. The summed E-state index contributed by atoms with van der Waals surface area (Å²) in [6, 6.07) is 0. The van der Waals surface area contributed by atoms with Crippen LogP contribution in [-0.4, -0.2) is 69.3 Å². The molecule has 0 amide bonds. The Morgan fingerprint density at radius 3 is 2.24 bits per heavy atom. The maximum absolute atomic E-state index is 11.9. The first kappa shape index (κ1) is 16.7. The van der Waals surface area contributed by atoms with Crippen LogP contribution in [0.4, 0.5) is 0 Å². The Morgan fingerprint density at radius 1 is 1.24 bits per heavy atom. The van der Waals surface area contributed by atoms with Gasteiger partial charge in [0.25, 0.3) is 10.2 Å². The zero-order chi connectivity index (χ0) is 13.5. The minimum absolute atomic E-state index is 0.0581. The van der Waals surface area contributed by atoms with Gasteiger partial charge >= 0.3 is 5.97 Å². The third-order valence-electron chi connectivity index (χ3n) is 2.26. The van der Waals surface area contributed by atoms with E-state index in [9.17, 15) is 13.2 Å². The predicted octanol–water partition coefficient (Wildman–Crippen LogP) is 0.0209. The first-order chi connectivity index (χ1) is 7.86. The minimum atomic E-state index is -3.47. The molecule has 0 aliphatic heterocycles. The second-order valence-electron chi connectivity index (χ2n) is 3.47. The molecule has 0 aromatic rings. The minimum Gasteiger partial charge on any atom is -0.469 e. The number of nitrogens with zero attached hydrogens (tertiary/aromatic N) is 2. The molecule has 0 radical (unpaired) electrons. The Balaban J connectivity index is 4.33. The maximum atomic E-state index is 11.9. The summed E-state index contributed by atoms with van der Waals surface area (Å²) in [6.45, 7) is 0.574. The third kappa shape index (κ3) is 5.71. The molecule has 0 heterocycles. The Bertz CT molecular complexity index is 332. The van der Waals surface area contributed by atoms with Crippen LogP contribution in [0, 0.1) is 0 Å². The van der Waals surface area contributed by atoms with Crippen molar-refractivity contribution < 1.29 is 17.9 Å². The fourth-order valence-electron chi connectivity index (χ4n) is 1.04. The molecule has 0 aromatic carbocycles. The molecule has 0 aliphatic rings. The van der Waals surface area contributed by atoms with Crippen molar-refractivity contribution in [1.82, 2.24) is 8.61 Å². The van der Waals surface area contributed by atoms with E-state index in [0.29, 0.717) is 6.54 Å². The highest BCUT2D eigenvalue weighted by Gasteiger charge is 2.23. The summed E-state index contributed by atoms with van der Waals surface area (Å²) >= 11 is 1.58. The molecule has 0 rings (SSSR count). The zero-order valence-electron chi connectivity index (χ0n) is 10.7. The van der Waals surface area contributed by atoms with Crippen molar-refractivity contribution in [1.29, 1.82) is 0 Å². The summed E-state index contributed by atoms with van der Waals surface area (Å²) in [5, 5.41) is 0. The number of hydrogen-bond acceptors (Lipinski definition) is 5. The molecule has 0 aromatic heterocycles. The van der Waals surface area contributed by atoms with Crippen LogP contribution in [0.1, 0.15) is 6.42 Å². The van der Waals surface area contributed by atoms with Crippen molar-refractivity contribution in [2.75, 3.05) is 46.3 Å². The zero-order valence-corrected chi connectivity index (χ0v) is 12.3. The number of ether oxygens (including phenoxy) is 1. The first-order valence-corrected chi connectivity index (χ1v) is 7.88. The number of methoxy groups -OCH3 is 1. The van der Waals surface area contributed by atoms with Gasteiger partial charge in [-0.2, -0.15) is 28.8 Å². The topological polar surface area (TPSA) is 66.9 Å². The molecule has 0 atom stereocenters. The fourth-order valence-corrected chi connectivity index (χ4v) is 2.73. The molecular formula is C9H20N2O4S2. The van der Waals surface area contributed by atoms with Crippen LogP contribution in [0.25, 0.3) is 0 Å². The Labute approximate surface area is 107 Å². The molecule has 0 aliphatic carbocycles. The molecule has 102 valence electrons. The number of hydrogen-bond donors (Lipinski definition) is 0. The van der Waals surface area contributed by atoms with Crippen LogP contribution in [0.3, 0.4) is 0 Å². The van der Waals surface area contributed by atoms with Crippen LogP contribution in [0.2, 0.25) is 0 Å². The number of thioether (sulfide) groups is 1. The molecule has 17 heavy (non-hydrogen) atoms. The molecule has 0 N–H and O–H groups in total. The maximum Gasteiger partial charge on any atom is 0.306 e. The van der Waals surface area contributed by atoms with E-state index < -0.39 is 16.2 Å². The van der Waals surface area contributed by atoms with Crippen LogP contribution in [0.5, 0.6) is 0 Å². The summed E-state index contributed by atoms with van der Waals surface area (Å²) < 4.78 is 30.8. The molecule has 0 saturated carbocycles. The SMILES string of the molecule is COC(=O)CCN(C)S(=O)(=O)N(C)CCSC. The van der Waals surface area contributed by atoms with E-state index >= 15 is 0 Å². The smallest absolute Gasteiger partial charge is 0.306 e. The van der Waals surface area contributed by atoms with Gasteiger partial charge < -0.3 is 4.74 Å². The predicted molar refractivity (Wildman–Crippen MR) is 69.2 cm³/mol. The highest BCUT2D eigenvalue weighted by Crippen LogP contribution is 2.06. The first-order valence-electron chi connectivity index (χ1n) is 5.09. The summed E-state index contributed by atoms with van der Waals surface area (Å²) in [6.07, 6.45) is 1.98. The van der Waals surface area contributed by atoms with Gasteiger partial charge in [-0.1, -0.05) is 0 Å². The Morgan fingerprint density at radius 2 is 1.76 bits per heavy atom. The molecular weight excluding hydrogens is 264 g/mol. The molecule has 6 nitrogen and oxygen atoms in total. The monoisotopic (exact) mass is 284 g/mol. The van der Waals surface area contributed by atoms with Gasteiger partial charge in [0.2, 0.25) is 0 Å². The largest absolute Gasteiger partial charge is 0.469 e. The van der Waals surface area contributed by atoms with Gasteiger partial charge in [0.15, 0.2) is 0 Å². The second-order valence-corrected chi connectivity index (χ2v) is 6.60. The Hall–Kier alpha value is -0.310. The average molecular weight is 284 g/mol. The number of carbonyl (C=O) groups excluding carboxylic acids is 1. The standard InChI is InChI=1S/C9H20N2O4S2/c1-10(6-5-9(12)15-3)17(13,14)11(2)7-8-16-4/h5-8H2,1-4H3. The van der Waals surface area contributed by atoms with Crippen molar-refractivity contribution in [2.45, 2.75) is 6.42 Å². The van der Waals surface area contributed by atoms with E-state index in [1.807, 2.05) is 6.26 Å². The molecule has 8 heteroatoms. The Kier molecular flexibility index (Phi) is 7.77. The summed E-state index contributed by atoms with van der Waals surface area (Å²) in [4.78, 5) is 10.9. The van der Waals surface area contributed by atoms with Crippen LogP contribution in [-0.2, 0) is 19.7 Å². The molecule has 0 saturated heterocycles. The van der Waals surface area contributed by atoms with Gasteiger partial charge in [0.1, 0.15) is 0 Å². The van der Waals surface area contributed by atoms with E-state index in [2.05, 4.69) is 4.74 Å². The van der Waals surface area contributed by atoms with E-state index in [1.165, 1.54) is 25.5 Å². The van der Waals surface area contributed by atoms with Crippen molar-refractivity contribution in [3.63, 3.8) is 0 Å². The van der Waals surface area contributed by atoms with Crippen molar-refractivity contribution in [2.24, 2.45) is 0 Å². The van der Waals surface area contributed by atoms with Crippen molar-refractivity contribution >= 4 is 27.9 Å². The lowest BCUT2D eigenvalue weighted by Crippen LogP contribution is -2.41. The van der Waals surface area contributed by atoms with Gasteiger partial charge in [-0.05, 0) is 6.26 Å². The van der Waals surface area contributed by atoms with E-state index in [-0.39, 0.29) is 13.0 Å². The normalized spacial score (nSPS) is 12.1. The molecule has 0 bridgehead atoms. The fraction of sp³-hybridized carbons (Fsp3) is 0.889. The highest BCUT2D eigenvalue weighted by atomic mass is 32.2. The van der Waals surface area contributed by atoms with E-state index in [4.69, 9.17) is 0 Å². The quantitative estimate of drug-likeness (QED) is 0.588. The molecule has 0 unspecified atom stereocenters. The summed E-state index contributed by atoms with van der Waals surface area (Å²) in [5.74, 6) is 0.319. The highest BCUT2D eigenvalue weighted by molar-refractivity contribution is 7.98. The van der Waals surface area contributed by atoms with Crippen LogP contribution < -0.4 is 0 Å². The second kappa shape index (κ2) is 7.91. The van der Waals surface area contributed by atoms with Crippen molar-refractivity contribution in [3.8, 4) is 0 Å². The third-order valence-corrected chi connectivity index (χ3v) is 4.79. The van der Waals surface area contributed by atoms with Crippen molar-refractivity contribution in [3.05, 3.63) is 0 Å². The van der Waals surface area contributed by atoms with Crippen LogP contribution in [0.15, 0.2) is 0 Å². The van der Waals surface area contributed by atoms with Crippen LogP contribution >= 0.6 is 11.8 Å². The number of esters is 1. The lowest BCUT2D eigenvalue weighted by atomic mass is 10.4. The van der Waals surface area contributed by atoms with Gasteiger partial charge in [-0.15, -0.1) is 0 Å². The molecule has 0 spiro atoms. The number of rotatable bonds is 8. The summed E-state index contributed by atoms with van der Waals surface area (Å²) in [7, 11) is 0.790. The lowest BCUT2D eigenvalue weighted by molar-refractivity contribution is -0.140. The molecule has 0 fully saturated rings. The number of carbonyl (C=O) groups is 1. The van der Waals surface area contributed by atoms with Gasteiger partial charge in [0, 0.05) is 32.9 Å². The summed E-state index contributed by atoms with van der Waals surface area (Å²) in [5.41, 5.74) is 0. The van der Waals surface area contributed by atoms with Gasteiger partial charge in [0.05, 0.1) is 13.5 Å². The average Bonchev–Trinajstić information content (AvgIpc) is 2.31. The van der Waals surface area contributed by atoms with Gasteiger partial charge in [-0.3, -0.25) is 4.79 Å². The van der Waals surface area contributed by atoms with E-state index in [1.54, 1.807) is 11.8 Å². The van der Waals surface area contributed by atoms with E-state index in [0.717, 1.165) is 10.1 Å².